The van der Waals surface area contributed by atoms with Gasteiger partial charge in [-0.25, -0.2) is 0 Å². The number of nitrogens with one attached hydrogen (secondary N) is 1. The van der Waals surface area contributed by atoms with E-state index < -0.39 is 0 Å². The molecule has 1 rings (SSSR count). The molecule has 2 atom stereocenters. The first-order valence-corrected chi connectivity index (χ1v) is 8.65. The molecule has 0 aromatic carbocycles. The molecule has 0 amide bonds. The molecule has 1 N–H and O–H groups in total. The zero-order valence-electron chi connectivity index (χ0n) is 13.7. The van der Waals surface area contributed by atoms with Gasteiger partial charge in [-0.15, -0.1) is 0 Å². The van der Waals surface area contributed by atoms with Crippen LogP contribution in [0.4, 0.5) is 0 Å². The Hall–Kier alpha value is -0.120. The van der Waals surface area contributed by atoms with Gasteiger partial charge in [0, 0.05) is 13.7 Å². The molecule has 2 unspecified atom stereocenters. The molecule has 0 spiro atoms. The Balaban J connectivity index is 2.19. The zero-order chi connectivity index (χ0) is 14.5. The third-order valence-corrected chi connectivity index (χ3v) is 4.45. The van der Waals surface area contributed by atoms with E-state index in [2.05, 4.69) is 12.2 Å². The van der Waals surface area contributed by atoms with Crippen LogP contribution in [0.2, 0.25) is 0 Å². The molecule has 20 heavy (non-hydrogen) atoms. The lowest BCUT2D eigenvalue weighted by Gasteiger charge is -2.25. The van der Waals surface area contributed by atoms with Gasteiger partial charge in [-0.05, 0) is 50.6 Å². The lowest BCUT2D eigenvalue weighted by atomic mass is 9.84. The maximum Gasteiger partial charge on any atom is 0.0700 e. The summed E-state index contributed by atoms with van der Waals surface area (Å²) in [5.74, 6) is 1.80. The molecule has 0 bridgehead atoms. The van der Waals surface area contributed by atoms with E-state index in [9.17, 15) is 0 Å². The summed E-state index contributed by atoms with van der Waals surface area (Å²) in [5.41, 5.74) is 0. The number of hydrogen-bond donors (Lipinski definition) is 1. The first-order valence-electron chi connectivity index (χ1n) is 8.65. The molecule has 0 aliphatic heterocycles. The van der Waals surface area contributed by atoms with Crippen LogP contribution in [0.1, 0.15) is 58.3 Å². The smallest absolute Gasteiger partial charge is 0.0700 e. The topological polar surface area (TPSA) is 30.5 Å². The monoisotopic (exact) mass is 285 g/mol. The second kappa shape index (κ2) is 12.6. The van der Waals surface area contributed by atoms with Crippen molar-refractivity contribution in [3.8, 4) is 0 Å². The van der Waals surface area contributed by atoms with Gasteiger partial charge in [0.1, 0.15) is 0 Å². The molecule has 0 aromatic rings. The standard InChI is InChI=1S/C17H35NO2/c1-3-11-18-15-17-9-6-4-5-8-16(17)10-7-12-20-14-13-19-2/h16-18H,3-15H2,1-2H3. The lowest BCUT2D eigenvalue weighted by Crippen LogP contribution is -2.28. The van der Waals surface area contributed by atoms with Gasteiger partial charge in [0.2, 0.25) is 0 Å². The van der Waals surface area contributed by atoms with Gasteiger partial charge >= 0.3 is 0 Å². The molecule has 3 heteroatoms. The van der Waals surface area contributed by atoms with Crippen molar-refractivity contribution >= 4 is 0 Å². The number of methoxy groups -OCH3 is 1. The summed E-state index contributed by atoms with van der Waals surface area (Å²) in [7, 11) is 1.72. The van der Waals surface area contributed by atoms with Gasteiger partial charge in [0.25, 0.3) is 0 Å². The van der Waals surface area contributed by atoms with Crippen molar-refractivity contribution in [2.24, 2.45) is 11.8 Å². The Bertz CT molecular complexity index is 211. The highest BCUT2D eigenvalue weighted by Gasteiger charge is 2.22. The Morgan fingerprint density at radius 1 is 1.00 bits per heavy atom. The highest BCUT2D eigenvalue weighted by molar-refractivity contribution is 4.76. The van der Waals surface area contributed by atoms with Crippen LogP contribution < -0.4 is 5.32 Å². The second-order valence-electron chi connectivity index (χ2n) is 6.11. The van der Waals surface area contributed by atoms with Crippen molar-refractivity contribution in [1.29, 1.82) is 0 Å². The van der Waals surface area contributed by atoms with Crippen LogP contribution in [0, 0.1) is 11.8 Å². The summed E-state index contributed by atoms with van der Waals surface area (Å²) >= 11 is 0. The molecule has 0 radical (unpaired) electrons. The maximum absolute atomic E-state index is 5.59. The van der Waals surface area contributed by atoms with Crippen molar-refractivity contribution in [2.75, 3.05) is 40.0 Å². The van der Waals surface area contributed by atoms with Gasteiger partial charge in [-0.1, -0.05) is 32.6 Å². The van der Waals surface area contributed by atoms with E-state index >= 15 is 0 Å². The van der Waals surface area contributed by atoms with E-state index in [0.717, 1.165) is 25.0 Å². The lowest BCUT2D eigenvalue weighted by molar-refractivity contribution is 0.0657. The van der Waals surface area contributed by atoms with Crippen molar-refractivity contribution in [3.05, 3.63) is 0 Å². The summed E-state index contributed by atoms with van der Waals surface area (Å²) in [4.78, 5) is 0. The summed E-state index contributed by atoms with van der Waals surface area (Å²) < 4.78 is 10.6. The van der Waals surface area contributed by atoms with Crippen LogP contribution in [0.25, 0.3) is 0 Å². The summed E-state index contributed by atoms with van der Waals surface area (Å²) in [6, 6.07) is 0. The fourth-order valence-electron chi connectivity index (χ4n) is 3.27. The zero-order valence-corrected chi connectivity index (χ0v) is 13.7. The molecule has 0 aromatic heterocycles. The highest BCUT2D eigenvalue weighted by atomic mass is 16.5. The van der Waals surface area contributed by atoms with Crippen molar-refractivity contribution in [2.45, 2.75) is 58.3 Å². The molecule has 1 saturated carbocycles. The summed E-state index contributed by atoms with van der Waals surface area (Å²) in [5, 5.41) is 3.63. The second-order valence-corrected chi connectivity index (χ2v) is 6.11. The molecule has 3 nitrogen and oxygen atoms in total. The van der Waals surface area contributed by atoms with Crippen LogP contribution in [0.15, 0.2) is 0 Å². The maximum atomic E-state index is 5.59. The molecule has 0 saturated heterocycles. The Morgan fingerprint density at radius 2 is 1.80 bits per heavy atom. The number of ether oxygens (including phenoxy) is 2. The minimum absolute atomic E-state index is 0.715. The minimum Gasteiger partial charge on any atom is -0.382 e. The Kier molecular flexibility index (Phi) is 11.3. The van der Waals surface area contributed by atoms with E-state index in [1.165, 1.54) is 64.5 Å². The normalized spacial score (nSPS) is 23.7. The van der Waals surface area contributed by atoms with Crippen molar-refractivity contribution < 1.29 is 9.47 Å². The van der Waals surface area contributed by atoms with E-state index in [-0.39, 0.29) is 0 Å². The Labute approximate surface area is 125 Å². The fourth-order valence-corrected chi connectivity index (χ4v) is 3.27. The minimum atomic E-state index is 0.715. The van der Waals surface area contributed by atoms with Crippen LogP contribution in [-0.4, -0.2) is 40.0 Å². The quantitative estimate of drug-likeness (QED) is 0.464. The number of hydrogen-bond acceptors (Lipinski definition) is 3. The van der Waals surface area contributed by atoms with E-state index in [4.69, 9.17) is 9.47 Å². The first kappa shape index (κ1) is 17.9. The van der Waals surface area contributed by atoms with E-state index in [0.29, 0.717) is 6.61 Å². The van der Waals surface area contributed by atoms with Crippen molar-refractivity contribution in [1.82, 2.24) is 5.32 Å². The van der Waals surface area contributed by atoms with E-state index in [1.54, 1.807) is 7.11 Å². The van der Waals surface area contributed by atoms with Gasteiger partial charge in [-0.3, -0.25) is 0 Å². The van der Waals surface area contributed by atoms with Crippen LogP contribution >= 0.6 is 0 Å². The van der Waals surface area contributed by atoms with Crippen LogP contribution in [0.3, 0.4) is 0 Å². The van der Waals surface area contributed by atoms with Crippen molar-refractivity contribution in [3.63, 3.8) is 0 Å². The molecule has 1 fully saturated rings. The molecule has 1 aliphatic rings. The van der Waals surface area contributed by atoms with Gasteiger partial charge in [0.05, 0.1) is 13.2 Å². The average molecular weight is 285 g/mol. The summed E-state index contributed by atoms with van der Waals surface area (Å²) in [6.45, 7) is 6.99. The van der Waals surface area contributed by atoms with Crippen LogP contribution in [0.5, 0.6) is 0 Å². The predicted octanol–water partition coefficient (Wildman–Crippen LogP) is 3.63. The largest absolute Gasteiger partial charge is 0.382 e. The fraction of sp³-hybridized carbons (Fsp3) is 1.00. The third-order valence-electron chi connectivity index (χ3n) is 4.45. The first-order chi connectivity index (χ1) is 9.88. The van der Waals surface area contributed by atoms with Gasteiger partial charge < -0.3 is 14.8 Å². The SMILES string of the molecule is CCCNCC1CCCCCC1CCCOCCOC. The molecular weight excluding hydrogens is 250 g/mol. The van der Waals surface area contributed by atoms with E-state index in [1.807, 2.05) is 0 Å². The molecule has 1 aliphatic carbocycles. The highest BCUT2D eigenvalue weighted by Crippen LogP contribution is 2.31. The Morgan fingerprint density at radius 3 is 2.55 bits per heavy atom. The predicted molar refractivity (Wildman–Crippen MR) is 85.2 cm³/mol. The molecule has 0 heterocycles. The van der Waals surface area contributed by atoms with Gasteiger partial charge in [0.15, 0.2) is 0 Å². The summed E-state index contributed by atoms with van der Waals surface area (Å²) in [6.07, 6.45) is 10.9. The molecule has 120 valence electrons. The van der Waals surface area contributed by atoms with Crippen LogP contribution in [-0.2, 0) is 9.47 Å². The third kappa shape index (κ3) is 8.23. The molecular formula is C17H35NO2. The van der Waals surface area contributed by atoms with Gasteiger partial charge in [-0.2, -0.15) is 0 Å². The average Bonchev–Trinajstić information content (AvgIpc) is 2.68. The number of rotatable bonds is 11.